The van der Waals surface area contributed by atoms with Crippen LogP contribution in [0.2, 0.25) is 0 Å². The number of hydrogen-bond donors (Lipinski definition) is 2. The number of carbonyl (C=O) groups is 1. The summed E-state index contributed by atoms with van der Waals surface area (Å²) < 4.78 is 37.9. The van der Waals surface area contributed by atoms with Crippen LogP contribution in [0.25, 0.3) is 0 Å². The largest absolute Gasteiger partial charge is 0.370 e. The molecule has 4 N–H and O–H groups in total. The number of benzene rings is 2. The van der Waals surface area contributed by atoms with Crippen molar-refractivity contribution in [3.8, 4) is 0 Å². The first-order valence-electron chi connectivity index (χ1n) is 7.56. The minimum absolute atomic E-state index is 0.0434. The van der Waals surface area contributed by atoms with Gasteiger partial charge in [0.25, 0.3) is 5.91 Å². The lowest BCUT2D eigenvalue weighted by Gasteiger charge is -2.13. The van der Waals surface area contributed by atoms with Gasteiger partial charge in [-0.3, -0.25) is 4.79 Å². The molecular formula is C17H18FN3O3S2. The molecular weight excluding hydrogens is 377 g/mol. The van der Waals surface area contributed by atoms with Crippen molar-refractivity contribution in [3.05, 3.63) is 53.3 Å². The quantitative estimate of drug-likeness (QED) is 0.593. The molecule has 2 aromatic rings. The lowest BCUT2D eigenvalue weighted by Crippen LogP contribution is -2.24. The Bertz CT molecular complexity index is 985. The number of guanidine groups is 1. The monoisotopic (exact) mass is 395 g/mol. The second-order valence-electron chi connectivity index (χ2n) is 5.48. The van der Waals surface area contributed by atoms with Gasteiger partial charge < -0.3 is 11.5 Å². The maximum atomic E-state index is 13.4. The van der Waals surface area contributed by atoms with Gasteiger partial charge in [-0.1, -0.05) is 24.8 Å². The fraction of sp³-hybridized carbons (Fsp3) is 0.176. The normalized spacial score (nSPS) is 11.2. The van der Waals surface area contributed by atoms with E-state index in [9.17, 15) is 17.6 Å². The highest BCUT2D eigenvalue weighted by molar-refractivity contribution is 8.00. The highest BCUT2D eigenvalue weighted by atomic mass is 32.2. The number of rotatable bonds is 5. The van der Waals surface area contributed by atoms with Crippen LogP contribution < -0.4 is 11.5 Å². The van der Waals surface area contributed by atoms with Crippen LogP contribution in [0.5, 0.6) is 0 Å². The molecule has 0 radical (unpaired) electrons. The van der Waals surface area contributed by atoms with Gasteiger partial charge in [-0.05, 0) is 42.3 Å². The number of aliphatic imine (C=N–C) groups is 1. The first kappa shape index (κ1) is 19.9. The molecule has 0 bridgehead atoms. The molecule has 0 fully saturated rings. The van der Waals surface area contributed by atoms with Crippen LogP contribution in [0, 0.1) is 5.82 Å². The second kappa shape index (κ2) is 7.88. The third kappa shape index (κ3) is 4.83. The molecule has 2 aromatic carbocycles. The van der Waals surface area contributed by atoms with Crippen molar-refractivity contribution in [2.75, 3.05) is 6.26 Å². The number of hydrogen-bond acceptors (Lipinski definition) is 4. The van der Waals surface area contributed by atoms with Crippen LogP contribution in [0.3, 0.4) is 0 Å². The van der Waals surface area contributed by atoms with Crippen molar-refractivity contribution in [1.29, 1.82) is 0 Å². The molecule has 0 saturated carbocycles. The molecule has 0 spiro atoms. The van der Waals surface area contributed by atoms with Gasteiger partial charge in [0.05, 0.1) is 4.90 Å². The molecule has 0 heterocycles. The van der Waals surface area contributed by atoms with E-state index in [4.69, 9.17) is 11.5 Å². The van der Waals surface area contributed by atoms with E-state index in [1.165, 1.54) is 24.3 Å². The van der Waals surface area contributed by atoms with Crippen molar-refractivity contribution in [2.24, 2.45) is 16.5 Å². The minimum atomic E-state index is -3.65. The van der Waals surface area contributed by atoms with Crippen LogP contribution in [-0.2, 0) is 16.3 Å². The van der Waals surface area contributed by atoms with Gasteiger partial charge >= 0.3 is 0 Å². The Kier molecular flexibility index (Phi) is 6.04. The fourth-order valence-electron chi connectivity index (χ4n) is 2.30. The Hall–Kier alpha value is -2.39. The van der Waals surface area contributed by atoms with E-state index < -0.39 is 27.5 Å². The van der Waals surface area contributed by atoms with Gasteiger partial charge in [-0.25, -0.2) is 12.8 Å². The zero-order valence-electron chi connectivity index (χ0n) is 14.2. The summed E-state index contributed by atoms with van der Waals surface area (Å²) in [6, 6.07) is 8.68. The van der Waals surface area contributed by atoms with Crippen molar-refractivity contribution in [3.63, 3.8) is 0 Å². The summed E-state index contributed by atoms with van der Waals surface area (Å²) in [4.78, 5) is 16.6. The third-order valence-electron chi connectivity index (χ3n) is 3.43. The minimum Gasteiger partial charge on any atom is -0.370 e. The second-order valence-corrected chi connectivity index (χ2v) is 8.58. The predicted octanol–water partition coefficient (Wildman–Crippen LogP) is 2.36. The van der Waals surface area contributed by atoms with E-state index in [1.807, 2.05) is 6.92 Å². The van der Waals surface area contributed by atoms with E-state index >= 15 is 0 Å². The maximum Gasteiger partial charge on any atom is 0.280 e. The summed E-state index contributed by atoms with van der Waals surface area (Å²) >= 11 is 1.10. The lowest BCUT2D eigenvalue weighted by molar-refractivity contribution is 0.100. The van der Waals surface area contributed by atoms with Crippen molar-refractivity contribution in [2.45, 2.75) is 28.0 Å². The molecule has 9 heteroatoms. The number of halogens is 1. The topological polar surface area (TPSA) is 116 Å². The molecule has 0 atom stereocenters. The Morgan fingerprint density at radius 1 is 1.23 bits per heavy atom. The van der Waals surface area contributed by atoms with E-state index in [2.05, 4.69) is 4.99 Å². The highest BCUT2D eigenvalue weighted by Gasteiger charge is 2.21. The Morgan fingerprint density at radius 3 is 2.46 bits per heavy atom. The average molecular weight is 395 g/mol. The number of nitrogens with zero attached hydrogens (tertiary/aromatic N) is 1. The van der Waals surface area contributed by atoms with Crippen molar-refractivity contribution >= 4 is 33.5 Å². The van der Waals surface area contributed by atoms with Crippen molar-refractivity contribution < 1.29 is 17.6 Å². The molecule has 26 heavy (non-hydrogen) atoms. The Morgan fingerprint density at radius 2 is 1.92 bits per heavy atom. The van der Waals surface area contributed by atoms with E-state index in [0.717, 1.165) is 18.0 Å². The molecule has 0 aromatic heterocycles. The van der Waals surface area contributed by atoms with Crippen LogP contribution in [0.1, 0.15) is 22.8 Å². The average Bonchev–Trinajstić information content (AvgIpc) is 2.52. The third-order valence-corrected chi connectivity index (χ3v) is 5.75. The van der Waals surface area contributed by atoms with Crippen LogP contribution >= 0.6 is 11.8 Å². The molecule has 1 amide bonds. The number of amides is 1. The van der Waals surface area contributed by atoms with Gasteiger partial charge in [0.15, 0.2) is 15.8 Å². The molecule has 0 aliphatic carbocycles. The number of sulfone groups is 1. The fourth-order valence-corrected chi connectivity index (χ4v) is 4.57. The lowest BCUT2D eigenvalue weighted by atomic mass is 10.0. The van der Waals surface area contributed by atoms with Crippen LogP contribution in [0.4, 0.5) is 4.39 Å². The van der Waals surface area contributed by atoms with Gasteiger partial charge in [0.2, 0.25) is 0 Å². The standard InChI is InChI=1S/C17H18FN3O3S2/c1-3-10-7-14(25-12-6-4-5-11(18)8-12)15(26(2,23)24)9-13(10)16(22)21-17(19)20/h4-9H,3H2,1-2H3,(H4,19,20,21,22). The predicted molar refractivity (Wildman–Crippen MR) is 99.6 cm³/mol. The smallest absolute Gasteiger partial charge is 0.280 e. The van der Waals surface area contributed by atoms with E-state index in [0.29, 0.717) is 21.8 Å². The highest BCUT2D eigenvalue weighted by Crippen LogP contribution is 2.35. The van der Waals surface area contributed by atoms with Crippen LogP contribution in [-0.4, -0.2) is 26.5 Å². The number of aryl methyl sites for hydroxylation is 1. The van der Waals surface area contributed by atoms with Gasteiger partial charge in [0, 0.05) is 21.6 Å². The van der Waals surface area contributed by atoms with Gasteiger partial charge in [0.1, 0.15) is 5.82 Å². The van der Waals surface area contributed by atoms with Crippen LogP contribution in [0.15, 0.2) is 56.1 Å². The summed E-state index contributed by atoms with van der Waals surface area (Å²) in [5.41, 5.74) is 11.2. The Labute approximate surface area is 155 Å². The zero-order chi connectivity index (χ0) is 19.5. The molecule has 0 aliphatic rings. The molecule has 0 saturated heterocycles. The van der Waals surface area contributed by atoms with E-state index in [1.54, 1.807) is 12.1 Å². The molecule has 6 nitrogen and oxygen atoms in total. The van der Waals surface area contributed by atoms with Gasteiger partial charge in [-0.15, -0.1) is 0 Å². The SMILES string of the molecule is CCc1cc(Sc2cccc(F)c2)c(S(C)(=O)=O)cc1C(=O)N=C(N)N. The summed E-state index contributed by atoms with van der Waals surface area (Å²) in [6.07, 6.45) is 1.50. The van der Waals surface area contributed by atoms with E-state index in [-0.39, 0.29) is 10.5 Å². The molecule has 0 aliphatic heterocycles. The van der Waals surface area contributed by atoms with Crippen molar-refractivity contribution in [1.82, 2.24) is 0 Å². The summed E-state index contributed by atoms with van der Waals surface area (Å²) in [6.45, 7) is 1.82. The first-order chi connectivity index (χ1) is 12.1. The number of carbonyl (C=O) groups excluding carboxylic acids is 1. The number of nitrogens with two attached hydrogens (primary N) is 2. The molecule has 2 rings (SSSR count). The summed E-state index contributed by atoms with van der Waals surface area (Å²) in [5, 5.41) is 0. The molecule has 0 unspecified atom stereocenters. The summed E-state index contributed by atoms with van der Waals surface area (Å²) in [5.74, 6) is -1.54. The zero-order valence-corrected chi connectivity index (χ0v) is 15.8. The van der Waals surface area contributed by atoms with Gasteiger partial charge in [-0.2, -0.15) is 4.99 Å². The Balaban J connectivity index is 2.64. The maximum absolute atomic E-state index is 13.4. The first-order valence-corrected chi connectivity index (χ1v) is 10.3. The molecule has 138 valence electrons. The summed E-state index contributed by atoms with van der Waals surface area (Å²) in [7, 11) is -3.65.